The highest BCUT2D eigenvalue weighted by atomic mass is 16.4. The molecule has 0 aromatic heterocycles. The summed E-state index contributed by atoms with van der Waals surface area (Å²) in [5.41, 5.74) is 6.57. The number of anilines is 1. The number of carbonyl (C=O) groups excluding carboxylic acids is 1. The molecule has 1 aromatic rings. The molecule has 0 aliphatic carbocycles. The lowest BCUT2D eigenvalue weighted by Gasteiger charge is -2.23. The van der Waals surface area contributed by atoms with Gasteiger partial charge in [-0.15, -0.1) is 0 Å². The molecule has 1 rings (SSSR count). The van der Waals surface area contributed by atoms with Crippen LogP contribution in [0.5, 0.6) is 0 Å². The van der Waals surface area contributed by atoms with Crippen molar-refractivity contribution in [3.8, 4) is 0 Å². The molecule has 5 N–H and O–H groups in total. The van der Waals surface area contributed by atoms with Gasteiger partial charge in [-0.1, -0.05) is 26.0 Å². The van der Waals surface area contributed by atoms with Gasteiger partial charge in [0.15, 0.2) is 0 Å². The molecule has 0 fully saturated rings. The highest BCUT2D eigenvalue weighted by Gasteiger charge is 2.23. The van der Waals surface area contributed by atoms with Crippen molar-refractivity contribution in [1.29, 1.82) is 0 Å². The molecular weight excluding hydrogens is 258 g/mol. The van der Waals surface area contributed by atoms with Crippen LogP contribution < -0.4 is 16.4 Å². The lowest BCUT2D eigenvalue weighted by atomic mass is 10.0. The Labute approximate surface area is 118 Å². The molecule has 6 nitrogen and oxygen atoms in total. The minimum absolute atomic E-state index is 0.00856. The SMILES string of the molecule is CC(NC(C(=O)O)C(C)C)c1ccc(NC(N)=O)cc1. The second kappa shape index (κ2) is 6.91. The van der Waals surface area contributed by atoms with E-state index in [1.165, 1.54) is 0 Å². The number of carbonyl (C=O) groups is 2. The summed E-state index contributed by atoms with van der Waals surface area (Å²) in [5, 5.41) is 14.7. The Balaban J connectivity index is 2.74. The first kappa shape index (κ1) is 16.0. The minimum atomic E-state index is -0.862. The molecule has 0 heterocycles. The Kier molecular flexibility index (Phi) is 5.52. The van der Waals surface area contributed by atoms with Crippen LogP contribution in [0.15, 0.2) is 24.3 Å². The lowest BCUT2D eigenvalue weighted by molar-refractivity contribution is -0.140. The van der Waals surface area contributed by atoms with E-state index in [-0.39, 0.29) is 12.0 Å². The first-order chi connectivity index (χ1) is 9.31. The third-order valence-corrected chi connectivity index (χ3v) is 3.04. The van der Waals surface area contributed by atoms with E-state index in [1.807, 2.05) is 32.9 Å². The number of aliphatic carboxylic acids is 1. The van der Waals surface area contributed by atoms with Gasteiger partial charge in [0, 0.05) is 11.7 Å². The molecule has 0 aliphatic rings. The second-order valence-corrected chi connectivity index (χ2v) is 5.06. The Morgan fingerprint density at radius 1 is 1.15 bits per heavy atom. The average Bonchev–Trinajstić information content (AvgIpc) is 2.35. The number of urea groups is 1. The Hall–Kier alpha value is -2.08. The molecular formula is C14H21N3O3. The number of primary amides is 1. The third kappa shape index (κ3) is 4.55. The van der Waals surface area contributed by atoms with Gasteiger partial charge in [0.05, 0.1) is 0 Å². The average molecular weight is 279 g/mol. The van der Waals surface area contributed by atoms with E-state index in [2.05, 4.69) is 10.6 Å². The van der Waals surface area contributed by atoms with Gasteiger partial charge in [-0.2, -0.15) is 0 Å². The number of benzene rings is 1. The van der Waals surface area contributed by atoms with Gasteiger partial charge >= 0.3 is 12.0 Å². The zero-order chi connectivity index (χ0) is 15.3. The monoisotopic (exact) mass is 279 g/mol. The van der Waals surface area contributed by atoms with Crippen LogP contribution in [-0.4, -0.2) is 23.1 Å². The largest absolute Gasteiger partial charge is 0.480 e. The van der Waals surface area contributed by atoms with Gasteiger partial charge in [0.25, 0.3) is 0 Å². The summed E-state index contributed by atoms with van der Waals surface area (Å²) < 4.78 is 0. The van der Waals surface area contributed by atoms with Crippen LogP contribution in [0.3, 0.4) is 0 Å². The second-order valence-electron chi connectivity index (χ2n) is 5.06. The zero-order valence-electron chi connectivity index (χ0n) is 11.9. The Bertz CT molecular complexity index is 471. The van der Waals surface area contributed by atoms with E-state index in [4.69, 9.17) is 10.8 Å². The summed E-state index contributed by atoms with van der Waals surface area (Å²) in [6.07, 6.45) is 0. The number of carboxylic acid groups (broad SMARTS) is 1. The van der Waals surface area contributed by atoms with E-state index in [0.717, 1.165) is 5.56 Å². The third-order valence-electron chi connectivity index (χ3n) is 3.04. The number of nitrogens with two attached hydrogens (primary N) is 1. The van der Waals surface area contributed by atoms with Crippen LogP contribution in [0.25, 0.3) is 0 Å². The molecule has 2 amide bonds. The minimum Gasteiger partial charge on any atom is -0.480 e. The van der Waals surface area contributed by atoms with Crippen molar-refractivity contribution in [2.45, 2.75) is 32.9 Å². The summed E-state index contributed by atoms with van der Waals surface area (Å²) in [7, 11) is 0. The predicted octanol–water partition coefficient (Wildman–Crippen LogP) is 1.94. The Morgan fingerprint density at radius 2 is 1.70 bits per heavy atom. The van der Waals surface area contributed by atoms with Crippen molar-refractivity contribution in [2.24, 2.45) is 11.7 Å². The van der Waals surface area contributed by atoms with E-state index < -0.39 is 18.0 Å². The topological polar surface area (TPSA) is 104 Å². The number of amides is 2. The van der Waals surface area contributed by atoms with Gasteiger partial charge in [0.1, 0.15) is 6.04 Å². The molecule has 20 heavy (non-hydrogen) atoms. The van der Waals surface area contributed by atoms with E-state index in [0.29, 0.717) is 5.69 Å². The van der Waals surface area contributed by atoms with Gasteiger partial charge in [0.2, 0.25) is 0 Å². The quantitative estimate of drug-likeness (QED) is 0.638. The molecule has 1 aromatic carbocycles. The fourth-order valence-electron chi connectivity index (χ4n) is 1.91. The summed E-state index contributed by atoms with van der Waals surface area (Å²) in [6, 6.07) is 5.77. The molecule has 0 radical (unpaired) electrons. The van der Waals surface area contributed by atoms with Crippen LogP contribution in [0.2, 0.25) is 0 Å². The number of rotatable bonds is 6. The first-order valence-corrected chi connectivity index (χ1v) is 6.46. The summed E-state index contributed by atoms with van der Waals surface area (Å²) in [5.74, 6) is -0.871. The van der Waals surface area contributed by atoms with Crippen molar-refractivity contribution in [3.63, 3.8) is 0 Å². The van der Waals surface area contributed by atoms with Gasteiger partial charge < -0.3 is 16.2 Å². The fraction of sp³-hybridized carbons (Fsp3) is 0.429. The predicted molar refractivity (Wildman–Crippen MR) is 77.5 cm³/mol. The van der Waals surface area contributed by atoms with E-state index >= 15 is 0 Å². The van der Waals surface area contributed by atoms with Crippen LogP contribution in [-0.2, 0) is 4.79 Å². The van der Waals surface area contributed by atoms with Crippen molar-refractivity contribution in [1.82, 2.24) is 5.32 Å². The number of carboxylic acids is 1. The summed E-state index contributed by atoms with van der Waals surface area (Å²) in [4.78, 5) is 21.9. The first-order valence-electron chi connectivity index (χ1n) is 6.46. The van der Waals surface area contributed by atoms with E-state index in [1.54, 1.807) is 12.1 Å². The van der Waals surface area contributed by atoms with Gasteiger partial charge in [-0.25, -0.2) is 4.79 Å². The van der Waals surface area contributed by atoms with Crippen molar-refractivity contribution >= 4 is 17.7 Å². The maximum absolute atomic E-state index is 11.2. The zero-order valence-corrected chi connectivity index (χ0v) is 11.9. The molecule has 0 aliphatic heterocycles. The number of hydrogen-bond acceptors (Lipinski definition) is 3. The molecule has 0 spiro atoms. The molecule has 0 saturated carbocycles. The maximum atomic E-state index is 11.2. The van der Waals surface area contributed by atoms with Crippen molar-refractivity contribution in [3.05, 3.63) is 29.8 Å². The van der Waals surface area contributed by atoms with Gasteiger partial charge in [-0.05, 0) is 30.5 Å². The maximum Gasteiger partial charge on any atom is 0.320 e. The molecule has 0 saturated heterocycles. The summed E-state index contributed by atoms with van der Waals surface area (Å²) in [6.45, 7) is 5.62. The van der Waals surface area contributed by atoms with Crippen LogP contribution in [0.1, 0.15) is 32.4 Å². The lowest BCUT2D eigenvalue weighted by Crippen LogP contribution is -2.42. The van der Waals surface area contributed by atoms with E-state index in [9.17, 15) is 9.59 Å². The highest BCUT2D eigenvalue weighted by Crippen LogP contribution is 2.18. The van der Waals surface area contributed by atoms with Crippen molar-refractivity contribution in [2.75, 3.05) is 5.32 Å². The number of hydrogen-bond donors (Lipinski definition) is 4. The smallest absolute Gasteiger partial charge is 0.320 e. The normalized spacial score (nSPS) is 13.8. The Morgan fingerprint density at radius 3 is 2.10 bits per heavy atom. The van der Waals surface area contributed by atoms with Gasteiger partial charge in [-0.3, -0.25) is 10.1 Å². The van der Waals surface area contributed by atoms with Crippen molar-refractivity contribution < 1.29 is 14.7 Å². The molecule has 2 atom stereocenters. The molecule has 110 valence electrons. The molecule has 0 bridgehead atoms. The standard InChI is InChI=1S/C14H21N3O3/c1-8(2)12(13(18)19)16-9(3)10-4-6-11(7-5-10)17-14(15)20/h4-9,12,16H,1-3H3,(H,18,19)(H3,15,17,20). The van der Waals surface area contributed by atoms with Crippen LogP contribution in [0.4, 0.5) is 10.5 Å². The molecule has 2 unspecified atom stereocenters. The summed E-state index contributed by atoms with van der Waals surface area (Å²) >= 11 is 0. The van der Waals surface area contributed by atoms with Crippen LogP contribution in [0, 0.1) is 5.92 Å². The fourth-order valence-corrected chi connectivity index (χ4v) is 1.91. The highest BCUT2D eigenvalue weighted by molar-refractivity contribution is 5.87. The molecule has 6 heteroatoms. The van der Waals surface area contributed by atoms with Crippen LogP contribution >= 0.6 is 0 Å². The number of nitrogens with one attached hydrogen (secondary N) is 2.